The third kappa shape index (κ3) is 3.57. The van der Waals surface area contributed by atoms with E-state index >= 15 is 0 Å². The van der Waals surface area contributed by atoms with Gasteiger partial charge in [-0.2, -0.15) is 0 Å². The second-order valence-corrected chi connectivity index (χ2v) is 7.31. The topological polar surface area (TPSA) is 54.5 Å². The van der Waals surface area contributed by atoms with E-state index in [2.05, 4.69) is 26.2 Å². The van der Waals surface area contributed by atoms with Gasteiger partial charge < -0.3 is 10.1 Å². The fourth-order valence-corrected chi connectivity index (χ4v) is 3.58. The highest BCUT2D eigenvalue weighted by molar-refractivity contribution is 9.10. The van der Waals surface area contributed by atoms with Crippen molar-refractivity contribution in [3.63, 3.8) is 0 Å². The molecule has 28 heavy (non-hydrogen) atoms. The van der Waals surface area contributed by atoms with Crippen LogP contribution in [-0.2, 0) is 13.2 Å². The van der Waals surface area contributed by atoms with Gasteiger partial charge in [0.15, 0.2) is 0 Å². The molecule has 0 spiro atoms. The zero-order valence-corrected chi connectivity index (χ0v) is 16.7. The van der Waals surface area contributed by atoms with Gasteiger partial charge in [0, 0.05) is 28.0 Å². The van der Waals surface area contributed by atoms with E-state index in [4.69, 9.17) is 4.74 Å². The van der Waals surface area contributed by atoms with Crippen LogP contribution in [0.5, 0.6) is 5.75 Å². The van der Waals surface area contributed by atoms with Gasteiger partial charge in [0.2, 0.25) is 0 Å². The zero-order valence-electron chi connectivity index (χ0n) is 15.1. The van der Waals surface area contributed by atoms with Gasteiger partial charge in [-0.3, -0.25) is 9.88 Å². The molecule has 0 radical (unpaired) electrons. The highest BCUT2D eigenvalue weighted by Crippen LogP contribution is 2.35. The maximum absolute atomic E-state index is 13.7. The van der Waals surface area contributed by atoms with Crippen molar-refractivity contribution in [2.75, 3.05) is 10.2 Å². The summed E-state index contributed by atoms with van der Waals surface area (Å²) >= 11 is 3.55. The number of nitrogens with zero attached hydrogens (tertiary/aromatic N) is 2. The molecule has 142 valence electrons. The average Bonchev–Trinajstić information content (AvgIpc) is 2.68. The van der Waals surface area contributed by atoms with E-state index in [0.29, 0.717) is 12.3 Å². The number of urea groups is 1. The first-order chi connectivity index (χ1) is 13.5. The van der Waals surface area contributed by atoms with E-state index in [1.165, 1.54) is 18.3 Å². The molecule has 0 aliphatic carbocycles. The number of amides is 2. The SMILES string of the molecule is Cc1ccc(OCc2ncccc2F)cc1N1Cc2c(Br)cccc2NC1=O. The number of nitrogens with one attached hydrogen (secondary N) is 1. The van der Waals surface area contributed by atoms with Gasteiger partial charge in [0.25, 0.3) is 0 Å². The molecule has 4 rings (SSSR count). The van der Waals surface area contributed by atoms with E-state index in [1.54, 1.807) is 17.0 Å². The number of anilines is 2. The molecule has 0 fully saturated rings. The number of hydrogen-bond donors (Lipinski definition) is 1. The van der Waals surface area contributed by atoms with Gasteiger partial charge in [0.05, 0.1) is 12.2 Å². The van der Waals surface area contributed by atoms with Crippen molar-refractivity contribution in [1.29, 1.82) is 0 Å². The van der Waals surface area contributed by atoms with Gasteiger partial charge in [-0.25, -0.2) is 9.18 Å². The maximum Gasteiger partial charge on any atom is 0.326 e. The third-order valence-electron chi connectivity index (χ3n) is 4.60. The van der Waals surface area contributed by atoms with Crippen LogP contribution >= 0.6 is 15.9 Å². The number of hydrogen-bond acceptors (Lipinski definition) is 3. The lowest BCUT2D eigenvalue weighted by molar-refractivity contribution is 0.256. The fraction of sp³-hybridized carbons (Fsp3) is 0.143. The molecular formula is C21H17BrFN3O2. The van der Waals surface area contributed by atoms with Gasteiger partial charge in [0.1, 0.15) is 23.9 Å². The van der Waals surface area contributed by atoms with Crippen LogP contribution < -0.4 is 15.0 Å². The Labute approximate surface area is 170 Å². The number of ether oxygens (including phenoxy) is 1. The molecule has 2 heterocycles. The van der Waals surface area contributed by atoms with Gasteiger partial charge in [-0.05, 0) is 42.8 Å². The van der Waals surface area contributed by atoms with Crippen LogP contribution in [0.2, 0.25) is 0 Å². The molecule has 7 heteroatoms. The Bertz CT molecular complexity index is 1060. The molecular weight excluding hydrogens is 425 g/mol. The Hall–Kier alpha value is -2.93. The summed E-state index contributed by atoms with van der Waals surface area (Å²) in [5.41, 5.74) is 3.70. The summed E-state index contributed by atoms with van der Waals surface area (Å²) in [5, 5.41) is 2.92. The van der Waals surface area contributed by atoms with Crippen LogP contribution in [0.25, 0.3) is 0 Å². The molecule has 2 aromatic carbocycles. The molecule has 1 aromatic heterocycles. The first-order valence-corrected chi connectivity index (χ1v) is 9.51. The monoisotopic (exact) mass is 441 g/mol. The maximum atomic E-state index is 13.7. The lowest BCUT2D eigenvalue weighted by Gasteiger charge is -2.31. The minimum Gasteiger partial charge on any atom is -0.487 e. The zero-order chi connectivity index (χ0) is 19.7. The number of aromatic nitrogens is 1. The van der Waals surface area contributed by atoms with Crippen LogP contribution in [0, 0.1) is 12.7 Å². The summed E-state index contributed by atoms with van der Waals surface area (Å²) in [6.07, 6.45) is 1.52. The molecule has 1 aliphatic heterocycles. The number of carbonyl (C=O) groups is 1. The highest BCUT2D eigenvalue weighted by Gasteiger charge is 2.26. The molecule has 2 amide bonds. The van der Waals surface area contributed by atoms with Gasteiger partial charge in [-0.1, -0.05) is 28.1 Å². The number of aryl methyl sites for hydroxylation is 1. The van der Waals surface area contributed by atoms with E-state index in [1.807, 2.05) is 31.2 Å². The number of carbonyl (C=O) groups excluding carboxylic acids is 1. The van der Waals surface area contributed by atoms with Crippen molar-refractivity contribution in [1.82, 2.24) is 4.98 Å². The first kappa shape index (κ1) is 18.4. The largest absolute Gasteiger partial charge is 0.487 e. The number of fused-ring (bicyclic) bond motifs is 1. The molecule has 1 N–H and O–H groups in total. The highest BCUT2D eigenvalue weighted by atomic mass is 79.9. The van der Waals surface area contributed by atoms with Crippen molar-refractivity contribution in [2.24, 2.45) is 0 Å². The number of halogens is 2. The minimum atomic E-state index is -0.410. The number of pyridine rings is 1. The van der Waals surface area contributed by atoms with E-state index < -0.39 is 5.82 Å². The predicted molar refractivity (Wildman–Crippen MR) is 109 cm³/mol. The summed E-state index contributed by atoms with van der Waals surface area (Å²) in [4.78, 5) is 18.3. The van der Waals surface area contributed by atoms with E-state index in [0.717, 1.165) is 27.0 Å². The summed E-state index contributed by atoms with van der Waals surface area (Å²) in [7, 11) is 0. The van der Waals surface area contributed by atoms with Crippen LogP contribution in [-0.4, -0.2) is 11.0 Å². The number of rotatable bonds is 4. The average molecular weight is 442 g/mol. The minimum absolute atomic E-state index is 0.00967. The van der Waals surface area contributed by atoms with Crippen molar-refractivity contribution >= 4 is 33.3 Å². The van der Waals surface area contributed by atoms with E-state index in [9.17, 15) is 9.18 Å². The smallest absolute Gasteiger partial charge is 0.326 e. The Kier molecular flexibility index (Phi) is 5.00. The molecule has 0 bridgehead atoms. The lowest BCUT2D eigenvalue weighted by atomic mass is 10.1. The van der Waals surface area contributed by atoms with Crippen molar-refractivity contribution in [3.05, 3.63) is 81.8 Å². The Morgan fingerprint density at radius 2 is 2.11 bits per heavy atom. The molecule has 0 saturated heterocycles. The van der Waals surface area contributed by atoms with E-state index in [-0.39, 0.29) is 18.3 Å². The standard InChI is InChI=1S/C21H17BrFN3O2/c1-13-7-8-14(28-12-19-17(23)5-3-9-24-19)10-20(13)26-11-15-16(22)4-2-6-18(15)25-21(26)27/h2-10H,11-12H2,1H3,(H,25,27). The molecule has 0 atom stereocenters. The third-order valence-corrected chi connectivity index (χ3v) is 5.35. The summed E-state index contributed by atoms with van der Waals surface area (Å²) in [6, 6.07) is 13.8. The second kappa shape index (κ2) is 7.59. The molecule has 0 unspecified atom stereocenters. The summed E-state index contributed by atoms with van der Waals surface area (Å²) in [6.45, 7) is 2.37. The van der Waals surface area contributed by atoms with Crippen LogP contribution in [0.15, 0.2) is 59.2 Å². The normalized spacial score (nSPS) is 13.1. The summed E-state index contributed by atoms with van der Waals surface area (Å²) < 4.78 is 20.4. The fourth-order valence-electron chi connectivity index (χ4n) is 3.09. The molecule has 1 aliphatic rings. The molecule has 0 saturated carbocycles. The van der Waals surface area contributed by atoms with Crippen molar-refractivity contribution in [3.8, 4) is 5.75 Å². The Balaban J connectivity index is 1.60. The van der Waals surface area contributed by atoms with Crippen LogP contribution in [0.3, 0.4) is 0 Å². The first-order valence-electron chi connectivity index (χ1n) is 8.71. The lowest BCUT2D eigenvalue weighted by Crippen LogP contribution is -2.39. The quantitative estimate of drug-likeness (QED) is 0.587. The van der Waals surface area contributed by atoms with Gasteiger partial charge >= 0.3 is 6.03 Å². The Morgan fingerprint density at radius 1 is 1.25 bits per heavy atom. The molecule has 3 aromatic rings. The van der Waals surface area contributed by atoms with Crippen molar-refractivity contribution in [2.45, 2.75) is 20.1 Å². The van der Waals surface area contributed by atoms with Crippen LogP contribution in [0.4, 0.5) is 20.6 Å². The summed E-state index contributed by atoms with van der Waals surface area (Å²) in [5.74, 6) is 0.128. The van der Waals surface area contributed by atoms with Gasteiger partial charge in [-0.15, -0.1) is 0 Å². The Morgan fingerprint density at radius 3 is 2.93 bits per heavy atom. The number of benzene rings is 2. The van der Waals surface area contributed by atoms with Crippen LogP contribution in [0.1, 0.15) is 16.8 Å². The predicted octanol–water partition coefficient (Wildman–Crippen LogP) is 5.42. The van der Waals surface area contributed by atoms with Crippen molar-refractivity contribution < 1.29 is 13.9 Å². The molecule has 5 nitrogen and oxygen atoms in total. The second-order valence-electron chi connectivity index (χ2n) is 6.45.